The largest absolute Gasteiger partial charge is 0.339 e. The molecule has 1 aromatic heterocycles. The van der Waals surface area contributed by atoms with Crippen LogP contribution in [0.25, 0.3) is 11.3 Å². The molecule has 1 aliphatic heterocycles. The minimum atomic E-state index is -0.127. The third-order valence-electron chi connectivity index (χ3n) is 4.78. The summed E-state index contributed by atoms with van der Waals surface area (Å²) in [4.78, 5) is 21.6. The zero-order valence-corrected chi connectivity index (χ0v) is 16.0. The number of imidazole rings is 1. The van der Waals surface area contributed by atoms with Gasteiger partial charge in [0.25, 0.3) is 0 Å². The normalized spacial score (nSPS) is 16.8. The number of rotatable bonds is 5. The predicted molar refractivity (Wildman–Crippen MR) is 103 cm³/mol. The van der Waals surface area contributed by atoms with Gasteiger partial charge in [0, 0.05) is 33.2 Å². The minimum absolute atomic E-state index is 0.127. The summed E-state index contributed by atoms with van der Waals surface area (Å²) in [6.07, 6.45) is 1.88. The van der Waals surface area contributed by atoms with Crippen LogP contribution >= 0.6 is 11.8 Å². The quantitative estimate of drug-likeness (QED) is 0.771. The lowest BCUT2D eigenvalue weighted by Crippen LogP contribution is -2.50. The molecule has 5 nitrogen and oxygen atoms in total. The van der Waals surface area contributed by atoms with Crippen molar-refractivity contribution in [3.8, 4) is 11.3 Å². The molecule has 1 aliphatic rings. The van der Waals surface area contributed by atoms with Gasteiger partial charge in [-0.15, -0.1) is 0 Å². The van der Waals surface area contributed by atoms with Crippen molar-refractivity contribution in [2.75, 3.05) is 32.7 Å². The average molecular weight is 359 g/mol. The Morgan fingerprint density at radius 3 is 2.52 bits per heavy atom. The topological polar surface area (TPSA) is 41.4 Å². The van der Waals surface area contributed by atoms with Crippen molar-refractivity contribution in [2.24, 2.45) is 7.05 Å². The van der Waals surface area contributed by atoms with E-state index in [0.29, 0.717) is 0 Å². The van der Waals surface area contributed by atoms with E-state index in [1.807, 2.05) is 43.3 Å². The second-order valence-electron chi connectivity index (χ2n) is 6.37. The first-order valence-electron chi connectivity index (χ1n) is 8.85. The van der Waals surface area contributed by atoms with E-state index in [9.17, 15) is 4.79 Å². The number of amides is 1. The SMILES string of the molecule is CCN1CCN(C(=O)C(C)Sc2ncc(-c3ccccc3)n2C)CC1. The van der Waals surface area contributed by atoms with Gasteiger partial charge in [-0.3, -0.25) is 4.79 Å². The molecule has 1 aromatic carbocycles. The second-order valence-corrected chi connectivity index (χ2v) is 7.68. The number of aromatic nitrogens is 2. The third kappa shape index (κ3) is 4.07. The number of piperazine rings is 1. The monoisotopic (exact) mass is 358 g/mol. The first kappa shape index (κ1) is 18.0. The van der Waals surface area contributed by atoms with Crippen molar-refractivity contribution in [1.29, 1.82) is 0 Å². The van der Waals surface area contributed by atoms with Crippen molar-refractivity contribution in [3.63, 3.8) is 0 Å². The van der Waals surface area contributed by atoms with E-state index >= 15 is 0 Å². The molecular weight excluding hydrogens is 332 g/mol. The van der Waals surface area contributed by atoms with Crippen LogP contribution in [0.4, 0.5) is 0 Å². The van der Waals surface area contributed by atoms with Gasteiger partial charge in [-0.05, 0) is 19.0 Å². The van der Waals surface area contributed by atoms with E-state index in [1.165, 1.54) is 0 Å². The Hall–Kier alpha value is -1.79. The highest BCUT2D eigenvalue weighted by Gasteiger charge is 2.26. The molecule has 1 amide bonds. The molecule has 1 fully saturated rings. The summed E-state index contributed by atoms with van der Waals surface area (Å²) in [6.45, 7) is 8.81. The summed E-state index contributed by atoms with van der Waals surface area (Å²) in [5, 5.41) is 0.754. The Labute approximate surface area is 154 Å². The molecule has 1 atom stereocenters. The summed E-state index contributed by atoms with van der Waals surface area (Å²) in [5.41, 5.74) is 2.21. The highest BCUT2D eigenvalue weighted by atomic mass is 32.2. The van der Waals surface area contributed by atoms with Crippen LogP contribution < -0.4 is 0 Å². The Morgan fingerprint density at radius 1 is 1.20 bits per heavy atom. The van der Waals surface area contributed by atoms with Crippen LogP contribution in [0.15, 0.2) is 41.7 Å². The number of likely N-dealkylation sites (N-methyl/N-ethyl adjacent to an activating group) is 1. The lowest BCUT2D eigenvalue weighted by atomic mass is 10.2. The molecule has 2 aromatic rings. The van der Waals surface area contributed by atoms with Crippen molar-refractivity contribution in [1.82, 2.24) is 19.4 Å². The second kappa shape index (κ2) is 8.06. The number of nitrogens with zero attached hydrogens (tertiary/aromatic N) is 4. The van der Waals surface area contributed by atoms with Gasteiger partial charge in [0.15, 0.2) is 5.16 Å². The molecule has 2 heterocycles. The lowest BCUT2D eigenvalue weighted by molar-refractivity contribution is -0.132. The van der Waals surface area contributed by atoms with Crippen molar-refractivity contribution in [3.05, 3.63) is 36.5 Å². The zero-order chi connectivity index (χ0) is 17.8. The zero-order valence-electron chi connectivity index (χ0n) is 15.2. The van der Waals surface area contributed by atoms with Gasteiger partial charge in [-0.2, -0.15) is 0 Å². The van der Waals surface area contributed by atoms with Crippen LogP contribution in [0, 0.1) is 0 Å². The number of thioether (sulfide) groups is 1. The summed E-state index contributed by atoms with van der Waals surface area (Å²) in [6, 6.07) is 10.2. The molecular formula is C19H26N4OS. The van der Waals surface area contributed by atoms with Crippen molar-refractivity contribution in [2.45, 2.75) is 24.3 Å². The molecule has 0 aliphatic carbocycles. The number of hydrogen-bond donors (Lipinski definition) is 0. The fourth-order valence-electron chi connectivity index (χ4n) is 3.13. The lowest BCUT2D eigenvalue weighted by Gasteiger charge is -2.35. The van der Waals surface area contributed by atoms with Crippen LogP contribution in [-0.2, 0) is 11.8 Å². The van der Waals surface area contributed by atoms with E-state index in [2.05, 4.69) is 33.5 Å². The van der Waals surface area contributed by atoms with E-state index in [1.54, 1.807) is 11.8 Å². The number of carbonyl (C=O) groups excluding carboxylic acids is 1. The maximum Gasteiger partial charge on any atom is 0.235 e. The third-order valence-corrected chi connectivity index (χ3v) is 5.92. The van der Waals surface area contributed by atoms with Crippen molar-refractivity contribution < 1.29 is 4.79 Å². The van der Waals surface area contributed by atoms with E-state index in [0.717, 1.165) is 49.1 Å². The first-order chi connectivity index (χ1) is 12.1. The van der Waals surface area contributed by atoms with Crippen LogP contribution in [-0.4, -0.2) is 63.2 Å². The summed E-state index contributed by atoms with van der Waals surface area (Å²) in [5.74, 6) is 0.213. The maximum absolute atomic E-state index is 12.7. The van der Waals surface area contributed by atoms with Gasteiger partial charge in [0.1, 0.15) is 0 Å². The number of carbonyl (C=O) groups is 1. The van der Waals surface area contributed by atoms with Crippen LogP contribution in [0.1, 0.15) is 13.8 Å². The Kier molecular flexibility index (Phi) is 5.81. The molecule has 1 unspecified atom stereocenters. The maximum atomic E-state index is 12.7. The fraction of sp³-hybridized carbons (Fsp3) is 0.474. The highest BCUT2D eigenvalue weighted by molar-refractivity contribution is 8.00. The van der Waals surface area contributed by atoms with Crippen LogP contribution in [0.5, 0.6) is 0 Å². The van der Waals surface area contributed by atoms with E-state index in [4.69, 9.17) is 0 Å². The van der Waals surface area contributed by atoms with Gasteiger partial charge in [-0.25, -0.2) is 4.98 Å². The Bertz CT molecular complexity index is 707. The molecule has 0 bridgehead atoms. The van der Waals surface area contributed by atoms with E-state index in [-0.39, 0.29) is 11.2 Å². The molecule has 134 valence electrons. The van der Waals surface area contributed by atoms with Crippen molar-refractivity contribution >= 4 is 17.7 Å². The minimum Gasteiger partial charge on any atom is -0.339 e. The van der Waals surface area contributed by atoms with Gasteiger partial charge in [-0.1, -0.05) is 49.0 Å². The average Bonchev–Trinajstić information content (AvgIpc) is 3.02. The van der Waals surface area contributed by atoms with Crippen LogP contribution in [0.3, 0.4) is 0 Å². The molecule has 0 spiro atoms. The van der Waals surface area contributed by atoms with Gasteiger partial charge in [0.2, 0.25) is 5.91 Å². The summed E-state index contributed by atoms with van der Waals surface area (Å²) < 4.78 is 2.07. The number of hydrogen-bond acceptors (Lipinski definition) is 4. The molecule has 0 saturated carbocycles. The Morgan fingerprint density at radius 2 is 1.88 bits per heavy atom. The first-order valence-corrected chi connectivity index (χ1v) is 9.73. The molecule has 6 heteroatoms. The smallest absolute Gasteiger partial charge is 0.235 e. The fourth-order valence-corrected chi connectivity index (χ4v) is 4.07. The van der Waals surface area contributed by atoms with Gasteiger partial charge >= 0.3 is 0 Å². The molecule has 25 heavy (non-hydrogen) atoms. The standard InChI is InChI=1S/C19H26N4OS/c1-4-22-10-12-23(13-11-22)18(24)15(2)25-19-20-14-17(21(19)3)16-8-6-5-7-9-16/h5-9,14-15H,4,10-13H2,1-3H3. The van der Waals surface area contributed by atoms with E-state index < -0.39 is 0 Å². The molecule has 1 saturated heterocycles. The number of benzene rings is 1. The highest BCUT2D eigenvalue weighted by Crippen LogP contribution is 2.28. The van der Waals surface area contributed by atoms with Gasteiger partial charge < -0.3 is 14.4 Å². The molecule has 3 rings (SSSR count). The molecule has 0 N–H and O–H groups in total. The predicted octanol–water partition coefficient (Wildman–Crippen LogP) is 2.73. The summed E-state index contributed by atoms with van der Waals surface area (Å²) >= 11 is 1.54. The summed E-state index contributed by atoms with van der Waals surface area (Å²) in [7, 11) is 2.01. The van der Waals surface area contributed by atoms with Gasteiger partial charge in [0.05, 0.1) is 17.1 Å². The van der Waals surface area contributed by atoms with Crippen LogP contribution in [0.2, 0.25) is 0 Å². The Balaban J connectivity index is 1.64. The molecule has 0 radical (unpaired) electrons.